The summed E-state index contributed by atoms with van der Waals surface area (Å²) in [5, 5.41) is 10.0. The van der Waals surface area contributed by atoms with Gasteiger partial charge in [-0.05, 0) is 37.0 Å². The number of aromatic nitrogens is 1. The van der Waals surface area contributed by atoms with Crippen LogP contribution in [0.5, 0.6) is 0 Å². The number of rotatable bonds is 3. The summed E-state index contributed by atoms with van der Waals surface area (Å²) in [6, 6.07) is 5.76. The fourth-order valence-electron chi connectivity index (χ4n) is 3.41. The van der Waals surface area contributed by atoms with E-state index in [2.05, 4.69) is 4.98 Å². The molecule has 1 aliphatic heterocycles. The van der Waals surface area contributed by atoms with Gasteiger partial charge in [0.25, 0.3) is 5.91 Å². The first kappa shape index (κ1) is 15.3. The number of β-amino-alcohol motifs (C(OH)–C–C–N with tert-alkyl or cyclic N) is 1. The number of amides is 1. The first-order valence-corrected chi connectivity index (χ1v) is 8.32. The molecule has 1 amide bonds. The molecule has 1 saturated heterocycles. The predicted molar refractivity (Wildman–Crippen MR) is 83.9 cm³/mol. The topological polar surface area (TPSA) is 66.6 Å². The van der Waals surface area contributed by atoms with Crippen molar-refractivity contribution in [3.63, 3.8) is 0 Å². The van der Waals surface area contributed by atoms with E-state index in [4.69, 9.17) is 4.42 Å². The molecule has 24 heavy (non-hydrogen) atoms. The average molecular weight is 330 g/mol. The molecule has 2 heterocycles. The van der Waals surface area contributed by atoms with Crippen LogP contribution in [0.4, 0.5) is 4.39 Å². The predicted octanol–water partition coefficient (Wildman–Crippen LogP) is 3.03. The Morgan fingerprint density at radius 1 is 1.29 bits per heavy atom. The van der Waals surface area contributed by atoms with Crippen LogP contribution in [-0.4, -0.2) is 33.5 Å². The van der Waals surface area contributed by atoms with E-state index >= 15 is 0 Å². The summed E-state index contributed by atoms with van der Waals surface area (Å²) in [4.78, 5) is 18.7. The first-order chi connectivity index (χ1) is 11.6. The summed E-state index contributed by atoms with van der Waals surface area (Å²) in [5.74, 6) is 0.373. The Morgan fingerprint density at radius 3 is 2.71 bits per heavy atom. The molecule has 4 rings (SSSR count). The lowest BCUT2D eigenvalue weighted by molar-refractivity contribution is 0.0709. The van der Waals surface area contributed by atoms with Gasteiger partial charge >= 0.3 is 0 Å². The Hall–Kier alpha value is -2.21. The molecule has 0 spiro atoms. The van der Waals surface area contributed by atoms with E-state index in [-0.39, 0.29) is 30.0 Å². The molecular formula is C18H19FN2O3. The highest BCUT2D eigenvalue weighted by Gasteiger charge is 2.37. The number of likely N-dealkylation sites (tertiary alicyclic amines) is 1. The molecule has 1 aromatic heterocycles. The van der Waals surface area contributed by atoms with E-state index in [0.717, 1.165) is 18.4 Å². The minimum absolute atomic E-state index is 0.243. The zero-order chi connectivity index (χ0) is 16.7. The number of aliphatic hydroxyl groups is 1. The summed E-state index contributed by atoms with van der Waals surface area (Å²) in [6.45, 7) is 0.243. The van der Waals surface area contributed by atoms with Gasteiger partial charge in [0.15, 0.2) is 11.6 Å². The first-order valence-electron chi connectivity index (χ1n) is 8.32. The van der Waals surface area contributed by atoms with Crippen molar-refractivity contribution in [2.75, 3.05) is 6.54 Å². The Bertz CT molecular complexity index is 739. The van der Waals surface area contributed by atoms with Crippen molar-refractivity contribution in [3.05, 3.63) is 53.5 Å². The summed E-state index contributed by atoms with van der Waals surface area (Å²) in [7, 11) is 0. The smallest absolute Gasteiger partial charge is 0.276 e. The lowest BCUT2D eigenvalue weighted by atomic mass is 9.85. The van der Waals surface area contributed by atoms with Crippen LogP contribution >= 0.6 is 0 Å². The molecule has 126 valence electrons. The van der Waals surface area contributed by atoms with Gasteiger partial charge < -0.3 is 14.4 Å². The van der Waals surface area contributed by atoms with Gasteiger partial charge in [0, 0.05) is 12.5 Å². The molecule has 6 heteroatoms. The molecule has 2 aliphatic rings. The van der Waals surface area contributed by atoms with Gasteiger partial charge in [-0.15, -0.1) is 0 Å². The second-order valence-electron chi connectivity index (χ2n) is 6.61. The van der Waals surface area contributed by atoms with E-state index in [9.17, 15) is 14.3 Å². The van der Waals surface area contributed by atoms with Crippen LogP contribution in [0.2, 0.25) is 0 Å². The fourth-order valence-corrected chi connectivity index (χ4v) is 3.41. The van der Waals surface area contributed by atoms with Crippen molar-refractivity contribution in [1.29, 1.82) is 0 Å². The maximum atomic E-state index is 13.1. The van der Waals surface area contributed by atoms with Crippen LogP contribution in [0.25, 0.3) is 0 Å². The third-order valence-electron chi connectivity index (χ3n) is 4.99. The monoisotopic (exact) mass is 330 g/mol. The number of halogens is 1. The van der Waals surface area contributed by atoms with Crippen molar-refractivity contribution in [2.24, 2.45) is 0 Å². The summed E-state index contributed by atoms with van der Waals surface area (Å²) in [6.07, 6.45) is 4.51. The van der Waals surface area contributed by atoms with E-state index in [1.807, 2.05) is 0 Å². The quantitative estimate of drug-likeness (QED) is 0.939. The number of hydrogen-bond acceptors (Lipinski definition) is 4. The van der Waals surface area contributed by atoms with E-state index < -0.39 is 6.10 Å². The molecule has 1 saturated carbocycles. The highest BCUT2D eigenvalue weighted by atomic mass is 19.1. The second kappa shape index (κ2) is 6.02. The zero-order valence-electron chi connectivity index (χ0n) is 13.2. The van der Waals surface area contributed by atoms with Gasteiger partial charge in [0.1, 0.15) is 12.1 Å². The standard InChI is InChI=1S/C18H19FN2O3/c19-13-6-4-11(5-7-13)16-8-14(22)9-21(16)18(23)15-10-24-17(20-15)12-2-1-3-12/h4-7,10,12,14,16,22H,1-3,8-9H2/t14-,16+/m0/s1. The minimum Gasteiger partial charge on any atom is -0.448 e. The summed E-state index contributed by atoms with van der Waals surface area (Å²) < 4.78 is 18.6. The molecule has 1 aliphatic carbocycles. The number of carbonyl (C=O) groups excluding carboxylic acids is 1. The number of oxazole rings is 1. The number of nitrogens with zero attached hydrogens (tertiary/aromatic N) is 2. The second-order valence-corrected chi connectivity index (χ2v) is 6.61. The van der Waals surface area contributed by atoms with Gasteiger partial charge in [-0.3, -0.25) is 4.79 Å². The van der Waals surface area contributed by atoms with Crippen LogP contribution in [0.15, 0.2) is 34.9 Å². The van der Waals surface area contributed by atoms with E-state index in [1.54, 1.807) is 17.0 Å². The maximum absolute atomic E-state index is 13.1. The fraction of sp³-hybridized carbons (Fsp3) is 0.444. The molecular weight excluding hydrogens is 311 g/mol. The Labute approximate surface area is 139 Å². The van der Waals surface area contributed by atoms with Crippen molar-refractivity contribution in [3.8, 4) is 0 Å². The Kier molecular flexibility index (Phi) is 3.84. The molecule has 5 nitrogen and oxygen atoms in total. The largest absolute Gasteiger partial charge is 0.448 e. The molecule has 0 bridgehead atoms. The van der Waals surface area contributed by atoms with Crippen molar-refractivity contribution in [2.45, 2.75) is 43.7 Å². The van der Waals surface area contributed by atoms with Gasteiger partial charge in [0.2, 0.25) is 0 Å². The molecule has 1 N–H and O–H groups in total. The van der Waals surface area contributed by atoms with Crippen LogP contribution in [0.1, 0.15) is 59.6 Å². The van der Waals surface area contributed by atoms with Gasteiger partial charge in [0.05, 0.1) is 12.1 Å². The number of benzene rings is 1. The van der Waals surface area contributed by atoms with Crippen LogP contribution in [0, 0.1) is 5.82 Å². The van der Waals surface area contributed by atoms with Gasteiger partial charge in [-0.2, -0.15) is 0 Å². The molecule has 2 atom stereocenters. The van der Waals surface area contributed by atoms with Crippen molar-refractivity contribution >= 4 is 5.91 Å². The van der Waals surface area contributed by atoms with Crippen molar-refractivity contribution < 1.29 is 18.7 Å². The normalized spacial score (nSPS) is 24.2. The summed E-state index contributed by atoms with van der Waals surface area (Å²) >= 11 is 0. The van der Waals surface area contributed by atoms with E-state index in [1.165, 1.54) is 24.8 Å². The van der Waals surface area contributed by atoms with Crippen LogP contribution in [-0.2, 0) is 0 Å². The van der Waals surface area contributed by atoms with E-state index in [0.29, 0.717) is 18.2 Å². The lowest BCUT2D eigenvalue weighted by Gasteiger charge is -2.24. The Balaban J connectivity index is 1.57. The van der Waals surface area contributed by atoms with Crippen LogP contribution in [0.3, 0.4) is 0 Å². The minimum atomic E-state index is -0.595. The third kappa shape index (κ3) is 2.71. The van der Waals surface area contributed by atoms with Crippen molar-refractivity contribution in [1.82, 2.24) is 9.88 Å². The summed E-state index contributed by atoms with van der Waals surface area (Å²) in [5.41, 5.74) is 1.09. The average Bonchev–Trinajstić information content (AvgIpc) is 3.13. The number of aliphatic hydroxyl groups excluding tert-OH is 1. The molecule has 0 unspecified atom stereocenters. The molecule has 2 aromatic rings. The maximum Gasteiger partial charge on any atom is 0.276 e. The number of carbonyl (C=O) groups is 1. The molecule has 2 fully saturated rings. The van der Waals surface area contributed by atoms with Gasteiger partial charge in [-0.25, -0.2) is 9.37 Å². The van der Waals surface area contributed by atoms with Crippen LogP contribution < -0.4 is 0 Å². The Morgan fingerprint density at radius 2 is 2.04 bits per heavy atom. The molecule has 0 radical (unpaired) electrons. The SMILES string of the molecule is O=C(c1coc(C2CCC2)n1)N1C[C@@H](O)C[C@@H]1c1ccc(F)cc1. The highest BCUT2D eigenvalue weighted by Crippen LogP contribution is 2.37. The van der Waals surface area contributed by atoms with Gasteiger partial charge in [-0.1, -0.05) is 18.6 Å². The third-order valence-corrected chi connectivity index (χ3v) is 4.99. The highest BCUT2D eigenvalue weighted by molar-refractivity contribution is 5.92. The zero-order valence-corrected chi connectivity index (χ0v) is 13.2. The molecule has 1 aromatic carbocycles. The lowest BCUT2D eigenvalue weighted by Crippen LogP contribution is -2.32. The number of hydrogen-bond donors (Lipinski definition) is 1.